The van der Waals surface area contributed by atoms with E-state index in [-0.39, 0.29) is 0 Å². The number of hydrogen-bond acceptors (Lipinski definition) is 5. The fourth-order valence-corrected chi connectivity index (χ4v) is 4.14. The number of thioether (sulfide) groups is 1. The molecular weight excluding hydrogens is 354 g/mol. The molecule has 0 amide bonds. The Morgan fingerprint density at radius 1 is 1.19 bits per heavy atom. The molecule has 0 aromatic carbocycles. The van der Waals surface area contributed by atoms with Crippen LogP contribution in [0.1, 0.15) is 33.8 Å². The van der Waals surface area contributed by atoms with Gasteiger partial charge in [-0.3, -0.25) is 9.88 Å². The zero-order valence-electron chi connectivity index (χ0n) is 16.1. The van der Waals surface area contributed by atoms with E-state index in [1.165, 1.54) is 33.8 Å². The van der Waals surface area contributed by atoms with Crippen LogP contribution in [-0.4, -0.2) is 37.2 Å². The van der Waals surface area contributed by atoms with E-state index in [0.29, 0.717) is 0 Å². The molecule has 0 aliphatic carbocycles. The summed E-state index contributed by atoms with van der Waals surface area (Å²) in [6.07, 6.45) is 8.80. The summed E-state index contributed by atoms with van der Waals surface area (Å²) in [6.45, 7) is 8.23. The number of aromatic nitrogens is 4. The Labute approximate surface area is 164 Å². The van der Waals surface area contributed by atoms with Gasteiger partial charge >= 0.3 is 0 Å². The van der Waals surface area contributed by atoms with Crippen LogP contribution in [0.5, 0.6) is 0 Å². The summed E-state index contributed by atoms with van der Waals surface area (Å²) in [7, 11) is 0. The van der Waals surface area contributed by atoms with Gasteiger partial charge in [0.2, 0.25) is 0 Å². The fourth-order valence-electron chi connectivity index (χ4n) is 3.78. The highest BCUT2D eigenvalue weighted by molar-refractivity contribution is 7.98. The van der Waals surface area contributed by atoms with E-state index < -0.39 is 0 Å². The molecule has 0 radical (unpaired) electrons. The van der Waals surface area contributed by atoms with E-state index in [2.05, 4.69) is 50.4 Å². The summed E-state index contributed by atoms with van der Waals surface area (Å²) in [5, 5.41) is 0.876. The van der Waals surface area contributed by atoms with E-state index in [1.807, 2.05) is 30.9 Å². The fraction of sp³-hybridized carbons (Fsp3) is 0.381. The molecule has 1 aliphatic rings. The van der Waals surface area contributed by atoms with Gasteiger partial charge in [-0.05, 0) is 43.4 Å². The van der Waals surface area contributed by atoms with Crippen molar-refractivity contribution >= 4 is 11.8 Å². The van der Waals surface area contributed by atoms with E-state index in [0.717, 1.165) is 37.8 Å². The van der Waals surface area contributed by atoms with Gasteiger partial charge in [0.15, 0.2) is 5.16 Å². The average molecular weight is 380 g/mol. The number of fused-ring (bicyclic) bond motifs is 1. The topological polar surface area (TPSA) is 46.8 Å². The summed E-state index contributed by atoms with van der Waals surface area (Å²) < 4.78 is 2.39. The second-order valence-corrected chi connectivity index (χ2v) is 7.91. The normalized spacial score (nSPS) is 14.3. The van der Waals surface area contributed by atoms with Gasteiger partial charge in [0.25, 0.3) is 0 Å². The maximum atomic E-state index is 4.67. The van der Waals surface area contributed by atoms with E-state index in [9.17, 15) is 0 Å². The number of aryl methyl sites for hydroxylation is 1. The molecule has 4 rings (SSSR count). The van der Waals surface area contributed by atoms with Crippen molar-refractivity contribution in [3.63, 3.8) is 0 Å². The van der Waals surface area contributed by atoms with Gasteiger partial charge in [-0.25, -0.2) is 9.97 Å². The Kier molecular flexibility index (Phi) is 5.27. The summed E-state index contributed by atoms with van der Waals surface area (Å²) in [6, 6.07) is 6.46. The number of pyridine rings is 1. The largest absolute Gasteiger partial charge is 0.344 e. The third kappa shape index (κ3) is 3.92. The van der Waals surface area contributed by atoms with Gasteiger partial charge in [-0.15, -0.1) is 0 Å². The van der Waals surface area contributed by atoms with Crippen molar-refractivity contribution in [2.75, 3.05) is 12.8 Å². The van der Waals surface area contributed by atoms with E-state index >= 15 is 0 Å². The minimum Gasteiger partial charge on any atom is -0.344 e. The van der Waals surface area contributed by atoms with Crippen LogP contribution in [0.4, 0.5) is 0 Å². The first-order chi connectivity index (χ1) is 13.1. The Balaban J connectivity index is 1.49. The Morgan fingerprint density at radius 2 is 2.07 bits per heavy atom. The molecule has 3 aromatic rings. The lowest BCUT2D eigenvalue weighted by Gasteiger charge is -2.28. The van der Waals surface area contributed by atoms with Crippen molar-refractivity contribution in [1.82, 2.24) is 24.4 Å². The van der Waals surface area contributed by atoms with Gasteiger partial charge in [0.05, 0.1) is 5.69 Å². The first-order valence-corrected chi connectivity index (χ1v) is 10.5. The van der Waals surface area contributed by atoms with Crippen LogP contribution >= 0.6 is 11.8 Å². The molecule has 0 bridgehead atoms. The monoisotopic (exact) mass is 379 g/mol. The van der Waals surface area contributed by atoms with Crippen LogP contribution in [0.25, 0.3) is 0 Å². The highest BCUT2D eigenvalue weighted by Gasteiger charge is 2.20. The first kappa shape index (κ1) is 18.2. The molecule has 0 unspecified atom stereocenters. The second kappa shape index (κ2) is 7.82. The Hall–Kier alpha value is -2.18. The number of hydrogen-bond donors (Lipinski definition) is 0. The molecule has 3 aromatic heterocycles. The Bertz CT molecular complexity index is 935. The molecule has 5 nitrogen and oxygen atoms in total. The lowest BCUT2D eigenvalue weighted by molar-refractivity contribution is 0.241. The molecule has 0 N–H and O–H groups in total. The zero-order valence-corrected chi connectivity index (χ0v) is 17.0. The maximum Gasteiger partial charge on any atom is 0.187 e. The summed E-state index contributed by atoms with van der Waals surface area (Å²) in [5.74, 6) is 0. The van der Waals surface area contributed by atoms with Crippen molar-refractivity contribution in [3.05, 3.63) is 70.6 Å². The van der Waals surface area contributed by atoms with Crippen LogP contribution in [0.3, 0.4) is 0 Å². The molecule has 27 heavy (non-hydrogen) atoms. The van der Waals surface area contributed by atoms with Gasteiger partial charge in [-0.1, -0.05) is 17.8 Å². The molecular formula is C21H25N5S. The van der Waals surface area contributed by atoms with Crippen LogP contribution in [0.15, 0.2) is 41.9 Å². The van der Waals surface area contributed by atoms with Crippen molar-refractivity contribution in [1.29, 1.82) is 0 Å². The molecule has 0 saturated carbocycles. The minimum absolute atomic E-state index is 0.875. The lowest BCUT2D eigenvalue weighted by atomic mass is 10.1. The predicted octanol–water partition coefficient (Wildman–Crippen LogP) is 3.62. The lowest BCUT2D eigenvalue weighted by Crippen LogP contribution is -2.31. The zero-order chi connectivity index (χ0) is 18.8. The molecule has 140 valence electrons. The first-order valence-electron chi connectivity index (χ1n) is 9.29. The third-order valence-corrected chi connectivity index (χ3v) is 5.87. The molecule has 0 fully saturated rings. The van der Waals surface area contributed by atoms with Crippen LogP contribution in [-0.2, 0) is 26.1 Å². The van der Waals surface area contributed by atoms with Crippen LogP contribution in [0, 0.1) is 13.8 Å². The predicted molar refractivity (Wildman–Crippen MR) is 109 cm³/mol. The quantitative estimate of drug-likeness (QED) is 0.500. The van der Waals surface area contributed by atoms with Gasteiger partial charge in [0.1, 0.15) is 0 Å². The Morgan fingerprint density at radius 3 is 2.85 bits per heavy atom. The van der Waals surface area contributed by atoms with Crippen molar-refractivity contribution in [3.8, 4) is 0 Å². The van der Waals surface area contributed by atoms with Crippen LogP contribution in [0.2, 0.25) is 0 Å². The average Bonchev–Trinajstić information content (AvgIpc) is 2.95. The van der Waals surface area contributed by atoms with Crippen molar-refractivity contribution in [2.45, 2.75) is 45.1 Å². The molecule has 4 heterocycles. The van der Waals surface area contributed by atoms with E-state index in [4.69, 9.17) is 0 Å². The van der Waals surface area contributed by atoms with Crippen molar-refractivity contribution < 1.29 is 0 Å². The second-order valence-electron chi connectivity index (χ2n) is 7.13. The minimum atomic E-state index is 0.875. The van der Waals surface area contributed by atoms with Gasteiger partial charge in [-0.2, -0.15) is 0 Å². The number of nitrogens with zero attached hydrogens (tertiary/aromatic N) is 5. The number of rotatable bonds is 5. The van der Waals surface area contributed by atoms with Gasteiger partial charge < -0.3 is 4.57 Å². The molecule has 0 spiro atoms. The molecule has 0 saturated heterocycles. The van der Waals surface area contributed by atoms with Crippen molar-refractivity contribution in [2.24, 2.45) is 0 Å². The maximum absolute atomic E-state index is 4.67. The van der Waals surface area contributed by atoms with Gasteiger partial charge in [0, 0.05) is 68.1 Å². The highest BCUT2D eigenvalue weighted by atomic mass is 32.2. The summed E-state index contributed by atoms with van der Waals surface area (Å²) in [4.78, 5) is 15.9. The van der Waals surface area contributed by atoms with E-state index in [1.54, 1.807) is 11.8 Å². The molecule has 6 heteroatoms. The third-order valence-electron chi connectivity index (χ3n) is 5.31. The smallest absolute Gasteiger partial charge is 0.187 e. The van der Waals surface area contributed by atoms with Crippen LogP contribution < -0.4 is 0 Å². The SMILES string of the molecule is CSc1ncc2c(n1)CCN(Cc1cc(C)n(Cc3cccnc3)c1C)C2. The summed E-state index contributed by atoms with van der Waals surface area (Å²) in [5.41, 5.74) is 7.77. The molecule has 0 atom stereocenters. The highest BCUT2D eigenvalue weighted by Crippen LogP contribution is 2.23. The molecule has 1 aliphatic heterocycles. The summed E-state index contributed by atoms with van der Waals surface area (Å²) >= 11 is 1.61. The standard InChI is InChI=1S/C21H25N5S/c1-15-9-18(16(2)26(15)12-17-5-4-7-22-10-17)13-25-8-6-20-19(14-25)11-23-21(24-20)27-3/h4-5,7,9-11H,6,8,12-14H2,1-3H3.